The molecule has 1 amide bonds. The Bertz CT molecular complexity index is 646. The van der Waals surface area contributed by atoms with Crippen LogP contribution in [0.5, 0.6) is 5.75 Å². The highest BCUT2D eigenvalue weighted by atomic mass is 16.5. The molecule has 1 aromatic rings. The minimum absolute atomic E-state index is 0.132. The summed E-state index contributed by atoms with van der Waals surface area (Å²) in [6, 6.07) is 6.61. The third kappa shape index (κ3) is 8.00. The fourth-order valence-corrected chi connectivity index (χ4v) is 4.04. The van der Waals surface area contributed by atoms with Crippen molar-refractivity contribution in [1.29, 1.82) is 0 Å². The fraction of sp³-hybridized carbons (Fsp3) is 0.680. The van der Waals surface area contributed by atoms with Crippen molar-refractivity contribution in [2.75, 3.05) is 20.3 Å². The van der Waals surface area contributed by atoms with Gasteiger partial charge in [0, 0.05) is 12.1 Å². The predicted molar refractivity (Wildman–Crippen MR) is 120 cm³/mol. The fourth-order valence-electron chi connectivity index (χ4n) is 4.04. The molecular weight excluding hydrogens is 378 g/mol. The van der Waals surface area contributed by atoms with Gasteiger partial charge in [-0.05, 0) is 37.5 Å². The van der Waals surface area contributed by atoms with E-state index in [0.29, 0.717) is 30.9 Å². The molecule has 1 aromatic carbocycles. The lowest BCUT2D eigenvalue weighted by Crippen LogP contribution is -2.41. The largest absolute Gasteiger partial charge is 0.497 e. The SMILES string of the molecule is CCCCCCCCCCCCOC(=O)C1CCCN1C(=O)c1cccc(OC)c1. The molecule has 0 spiro atoms. The lowest BCUT2D eigenvalue weighted by atomic mass is 10.1. The molecular formula is C25H39NO4. The number of benzene rings is 1. The molecule has 168 valence electrons. The average molecular weight is 418 g/mol. The third-order valence-corrected chi connectivity index (χ3v) is 5.84. The number of esters is 1. The first kappa shape index (κ1) is 24.2. The van der Waals surface area contributed by atoms with E-state index in [1.807, 2.05) is 0 Å². The molecule has 1 aliphatic rings. The molecule has 0 aromatic heterocycles. The van der Waals surface area contributed by atoms with Crippen LogP contribution >= 0.6 is 0 Å². The number of hydrogen-bond acceptors (Lipinski definition) is 4. The first-order valence-corrected chi connectivity index (χ1v) is 11.8. The van der Waals surface area contributed by atoms with Crippen LogP contribution in [-0.2, 0) is 9.53 Å². The number of carbonyl (C=O) groups excluding carboxylic acids is 2. The third-order valence-electron chi connectivity index (χ3n) is 5.84. The van der Waals surface area contributed by atoms with Crippen LogP contribution in [0.4, 0.5) is 0 Å². The minimum atomic E-state index is -0.466. The Morgan fingerprint density at radius 3 is 2.33 bits per heavy atom. The number of nitrogens with zero attached hydrogens (tertiary/aromatic N) is 1. The number of likely N-dealkylation sites (tertiary alicyclic amines) is 1. The van der Waals surface area contributed by atoms with E-state index >= 15 is 0 Å². The van der Waals surface area contributed by atoms with E-state index in [1.165, 1.54) is 51.4 Å². The van der Waals surface area contributed by atoms with Gasteiger partial charge in [-0.2, -0.15) is 0 Å². The second kappa shape index (κ2) is 14.1. The molecule has 0 radical (unpaired) electrons. The lowest BCUT2D eigenvalue weighted by molar-refractivity contribution is -0.148. The van der Waals surface area contributed by atoms with Crippen LogP contribution in [0.1, 0.15) is 94.3 Å². The zero-order valence-corrected chi connectivity index (χ0v) is 18.9. The van der Waals surface area contributed by atoms with Gasteiger partial charge < -0.3 is 14.4 Å². The topological polar surface area (TPSA) is 55.8 Å². The molecule has 5 heteroatoms. The molecule has 1 fully saturated rings. The Labute approximate surface area is 182 Å². The molecule has 0 bridgehead atoms. The number of rotatable bonds is 14. The highest BCUT2D eigenvalue weighted by molar-refractivity contribution is 5.97. The Hall–Kier alpha value is -2.04. The van der Waals surface area contributed by atoms with Crippen LogP contribution in [-0.4, -0.2) is 43.1 Å². The number of ether oxygens (including phenoxy) is 2. The van der Waals surface area contributed by atoms with Gasteiger partial charge >= 0.3 is 5.97 Å². The van der Waals surface area contributed by atoms with Crippen LogP contribution in [0.2, 0.25) is 0 Å². The van der Waals surface area contributed by atoms with E-state index in [2.05, 4.69) is 6.92 Å². The van der Waals surface area contributed by atoms with Crippen LogP contribution < -0.4 is 4.74 Å². The summed E-state index contributed by atoms with van der Waals surface area (Å²) in [7, 11) is 1.58. The summed E-state index contributed by atoms with van der Waals surface area (Å²) in [6.07, 6.45) is 14.0. The second-order valence-electron chi connectivity index (χ2n) is 8.24. The minimum Gasteiger partial charge on any atom is -0.497 e. The Morgan fingerprint density at radius 2 is 1.67 bits per heavy atom. The van der Waals surface area contributed by atoms with Gasteiger partial charge in [-0.3, -0.25) is 4.79 Å². The van der Waals surface area contributed by atoms with E-state index in [9.17, 15) is 9.59 Å². The zero-order chi connectivity index (χ0) is 21.6. The quantitative estimate of drug-likeness (QED) is 0.285. The summed E-state index contributed by atoms with van der Waals surface area (Å²) in [5.41, 5.74) is 0.545. The molecule has 0 N–H and O–H groups in total. The molecule has 2 rings (SSSR count). The number of methoxy groups -OCH3 is 1. The van der Waals surface area contributed by atoms with Gasteiger partial charge in [0.1, 0.15) is 11.8 Å². The summed E-state index contributed by atoms with van der Waals surface area (Å²) in [4.78, 5) is 27.0. The van der Waals surface area contributed by atoms with Crippen molar-refractivity contribution in [3.63, 3.8) is 0 Å². The van der Waals surface area contributed by atoms with E-state index in [1.54, 1.807) is 36.3 Å². The van der Waals surface area contributed by atoms with Crippen LogP contribution in [0.3, 0.4) is 0 Å². The monoisotopic (exact) mass is 417 g/mol. The summed E-state index contributed by atoms with van der Waals surface area (Å²) in [5, 5.41) is 0. The maximum Gasteiger partial charge on any atom is 0.328 e. The van der Waals surface area contributed by atoms with Crippen molar-refractivity contribution in [2.24, 2.45) is 0 Å². The molecule has 1 aliphatic heterocycles. The standard InChI is InChI=1S/C25H39NO4/c1-3-4-5-6-7-8-9-10-11-12-19-30-25(28)23-17-14-18-26(23)24(27)21-15-13-16-22(20-21)29-2/h13,15-16,20,23H,3-12,14,17-19H2,1-2H3. The second-order valence-corrected chi connectivity index (χ2v) is 8.24. The Balaban J connectivity index is 1.64. The van der Waals surface area contributed by atoms with E-state index in [-0.39, 0.29) is 11.9 Å². The first-order valence-electron chi connectivity index (χ1n) is 11.8. The van der Waals surface area contributed by atoms with E-state index in [0.717, 1.165) is 19.3 Å². The molecule has 0 aliphatic carbocycles. The summed E-state index contributed by atoms with van der Waals surface area (Å²) < 4.78 is 10.7. The highest BCUT2D eigenvalue weighted by Crippen LogP contribution is 2.23. The number of carbonyl (C=O) groups is 2. The Kier molecular flexibility index (Phi) is 11.3. The average Bonchev–Trinajstić information content (AvgIpc) is 3.27. The van der Waals surface area contributed by atoms with Crippen molar-refractivity contribution < 1.29 is 19.1 Å². The van der Waals surface area contributed by atoms with Crippen molar-refractivity contribution in [2.45, 2.75) is 90.0 Å². The smallest absolute Gasteiger partial charge is 0.328 e. The van der Waals surface area contributed by atoms with Crippen molar-refractivity contribution in [3.8, 4) is 5.75 Å². The molecule has 1 heterocycles. The molecule has 30 heavy (non-hydrogen) atoms. The van der Waals surface area contributed by atoms with Crippen LogP contribution in [0.15, 0.2) is 24.3 Å². The molecule has 1 unspecified atom stereocenters. The van der Waals surface area contributed by atoms with Gasteiger partial charge in [-0.1, -0.05) is 70.8 Å². The maximum atomic E-state index is 12.9. The van der Waals surface area contributed by atoms with Gasteiger partial charge in [0.05, 0.1) is 13.7 Å². The van der Waals surface area contributed by atoms with Gasteiger partial charge in [-0.15, -0.1) is 0 Å². The summed E-state index contributed by atoms with van der Waals surface area (Å²) in [6.45, 7) is 3.29. The van der Waals surface area contributed by atoms with Crippen molar-refractivity contribution in [1.82, 2.24) is 4.90 Å². The molecule has 1 saturated heterocycles. The normalized spacial score (nSPS) is 15.9. The Morgan fingerprint density at radius 1 is 1.00 bits per heavy atom. The van der Waals surface area contributed by atoms with Gasteiger partial charge in [0.25, 0.3) is 5.91 Å². The lowest BCUT2D eigenvalue weighted by Gasteiger charge is -2.23. The van der Waals surface area contributed by atoms with Gasteiger partial charge in [0.2, 0.25) is 0 Å². The predicted octanol–water partition coefficient (Wildman–Crippen LogP) is 5.76. The van der Waals surface area contributed by atoms with Crippen molar-refractivity contribution >= 4 is 11.9 Å². The van der Waals surface area contributed by atoms with Crippen LogP contribution in [0, 0.1) is 0 Å². The van der Waals surface area contributed by atoms with Crippen LogP contribution in [0.25, 0.3) is 0 Å². The highest BCUT2D eigenvalue weighted by Gasteiger charge is 2.35. The van der Waals surface area contributed by atoms with Gasteiger partial charge in [-0.25, -0.2) is 4.79 Å². The molecule has 5 nitrogen and oxygen atoms in total. The zero-order valence-electron chi connectivity index (χ0n) is 18.9. The maximum absolute atomic E-state index is 12.9. The first-order chi connectivity index (χ1) is 14.7. The molecule has 1 atom stereocenters. The van der Waals surface area contributed by atoms with Crippen molar-refractivity contribution in [3.05, 3.63) is 29.8 Å². The van der Waals surface area contributed by atoms with E-state index < -0.39 is 6.04 Å². The number of unbranched alkanes of at least 4 members (excludes halogenated alkanes) is 9. The summed E-state index contributed by atoms with van der Waals surface area (Å²) in [5.74, 6) is 0.243. The van der Waals surface area contributed by atoms with E-state index in [4.69, 9.17) is 9.47 Å². The van der Waals surface area contributed by atoms with Gasteiger partial charge in [0.15, 0.2) is 0 Å². The molecule has 0 saturated carbocycles. The summed E-state index contributed by atoms with van der Waals surface area (Å²) >= 11 is 0. The number of hydrogen-bond donors (Lipinski definition) is 0. The number of amides is 1.